The van der Waals surface area contributed by atoms with Crippen LogP contribution in [0, 0.1) is 17.8 Å². The number of aliphatic hydroxyl groups is 1. The third-order valence-corrected chi connectivity index (χ3v) is 9.52. The predicted molar refractivity (Wildman–Crippen MR) is 152 cm³/mol. The summed E-state index contributed by atoms with van der Waals surface area (Å²) in [4.78, 5) is 29.2. The van der Waals surface area contributed by atoms with Crippen LogP contribution in [-0.2, 0) is 20.9 Å². The highest BCUT2D eigenvalue weighted by Crippen LogP contribution is 2.50. The molecule has 7 heteroatoms. The maximum absolute atomic E-state index is 13.5. The monoisotopic (exact) mass is 543 g/mol. The molecule has 39 heavy (non-hydrogen) atoms. The number of rotatable bonds is 8. The van der Waals surface area contributed by atoms with Gasteiger partial charge in [-0.25, -0.2) is 0 Å². The summed E-state index contributed by atoms with van der Waals surface area (Å²) in [5.41, 5.74) is 4.26. The fraction of sp³-hybridized carbons (Fsp3) is 0.375. The zero-order valence-corrected chi connectivity index (χ0v) is 22.8. The number of phenols is 1. The number of hydrogen-bond donors (Lipinski definition) is 2. The summed E-state index contributed by atoms with van der Waals surface area (Å²) < 4.78 is 6.29. The summed E-state index contributed by atoms with van der Waals surface area (Å²) in [7, 11) is 0. The highest BCUT2D eigenvalue weighted by molar-refractivity contribution is 7.09. The average molecular weight is 544 g/mol. The first-order valence-electron chi connectivity index (χ1n) is 13.7. The van der Waals surface area contributed by atoms with Gasteiger partial charge in [-0.3, -0.25) is 14.5 Å². The standard InChI is InChI=1S/C32H33NO5S/c1-2-19(14-20-10-11-27(35)24-8-4-3-7-23(20)24)9-12-28-29-21(17-34)15-25-30(26(29)18-38-28)32(37)33(31(25)36)16-22-6-5-13-39-22/h3-8,10-11,13-14,25-26,28,30,34-35H,2,9,12,15-18H2,1H3/b19-14+/t25-,26+,28-,30-/m1/s1. The average Bonchev–Trinajstić information content (AvgIpc) is 3.68. The van der Waals surface area contributed by atoms with Crippen molar-refractivity contribution in [1.82, 2.24) is 4.90 Å². The van der Waals surface area contributed by atoms with Crippen molar-refractivity contribution in [2.45, 2.75) is 45.3 Å². The van der Waals surface area contributed by atoms with Crippen molar-refractivity contribution in [2.75, 3.05) is 13.2 Å². The van der Waals surface area contributed by atoms with Crippen molar-refractivity contribution in [3.05, 3.63) is 81.1 Å². The summed E-state index contributed by atoms with van der Waals surface area (Å²) in [5.74, 6) is -0.920. The number of likely N-dealkylation sites (tertiary alicyclic amines) is 1. The van der Waals surface area contributed by atoms with E-state index in [1.165, 1.54) is 10.5 Å². The normalized spacial score (nSPS) is 25.1. The van der Waals surface area contributed by atoms with E-state index in [-0.39, 0.29) is 36.2 Å². The molecule has 2 fully saturated rings. The molecule has 0 radical (unpaired) electrons. The largest absolute Gasteiger partial charge is 0.507 e. The first-order valence-corrected chi connectivity index (χ1v) is 14.6. The SMILES string of the molecule is CC/C(=C\c1ccc(O)c2ccccc12)CC[C@H]1OC[C@H]2C1=C(CO)C[C@H]1C(=O)N(Cc3cccs3)C(=O)[C@H]12. The second-order valence-corrected chi connectivity index (χ2v) is 11.8. The van der Waals surface area contributed by atoms with Gasteiger partial charge < -0.3 is 14.9 Å². The molecule has 202 valence electrons. The molecule has 0 bridgehead atoms. The van der Waals surface area contributed by atoms with Crippen LogP contribution in [0.4, 0.5) is 0 Å². The van der Waals surface area contributed by atoms with E-state index in [0.717, 1.165) is 51.6 Å². The molecule has 6 rings (SSSR count). The zero-order chi connectivity index (χ0) is 27.1. The number of carbonyl (C=O) groups is 2. The first-order chi connectivity index (χ1) is 19.0. The van der Waals surface area contributed by atoms with Gasteiger partial charge in [0.2, 0.25) is 11.8 Å². The lowest BCUT2D eigenvalue weighted by molar-refractivity contribution is -0.140. The zero-order valence-electron chi connectivity index (χ0n) is 22.0. The molecule has 6 nitrogen and oxygen atoms in total. The van der Waals surface area contributed by atoms with E-state index in [1.54, 1.807) is 17.4 Å². The molecule has 2 saturated heterocycles. The van der Waals surface area contributed by atoms with Gasteiger partial charge in [0.05, 0.1) is 37.7 Å². The molecule has 4 atom stereocenters. The topological polar surface area (TPSA) is 87.1 Å². The Bertz CT molecular complexity index is 1470. The highest BCUT2D eigenvalue weighted by Gasteiger charge is 2.56. The molecular weight excluding hydrogens is 510 g/mol. The molecular formula is C32H33NO5S. The molecule has 2 aromatic carbocycles. The van der Waals surface area contributed by atoms with Gasteiger partial charge in [-0.05, 0) is 65.3 Å². The lowest BCUT2D eigenvalue weighted by Gasteiger charge is -2.31. The van der Waals surface area contributed by atoms with E-state index in [4.69, 9.17) is 4.74 Å². The van der Waals surface area contributed by atoms with Crippen molar-refractivity contribution in [2.24, 2.45) is 17.8 Å². The Morgan fingerprint density at radius 3 is 2.64 bits per heavy atom. The Morgan fingerprint density at radius 2 is 1.90 bits per heavy atom. The van der Waals surface area contributed by atoms with Crippen LogP contribution < -0.4 is 0 Å². The quantitative estimate of drug-likeness (QED) is 0.282. The molecule has 2 N–H and O–H groups in total. The summed E-state index contributed by atoms with van der Waals surface area (Å²) >= 11 is 1.55. The van der Waals surface area contributed by atoms with Crippen LogP contribution in [0.1, 0.15) is 43.0 Å². The van der Waals surface area contributed by atoms with Gasteiger partial charge in [0.25, 0.3) is 0 Å². The number of aromatic hydroxyl groups is 1. The number of phenolic OH excluding ortho intramolecular Hbond substituents is 1. The Hall–Kier alpha value is -3.26. The Kier molecular flexibility index (Phi) is 7.14. The number of allylic oxidation sites excluding steroid dienone is 1. The summed E-state index contributed by atoms with van der Waals surface area (Å²) in [6.45, 7) is 2.75. The summed E-state index contributed by atoms with van der Waals surface area (Å²) in [6, 6.07) is 15.4. The molecule has 2 aliphatic heterocycles. The molecule has 3 aliphatic rings. The summed E-state index contributed by atoms with van der Waals surface area (Å²) in [6.07, 6.45) is 4.91. The van der Waals surface area contributed by atoms with Gasteiger partial charge in [0.1, 0.15) is 5.75 Å². The van der Waals surface area contributed by atoms with E-state index in [1.807, 2.05) is 47.8 Å². The lowest BCUT2D eigenvalue weighted by Crippen LogP contribution is -2.34. The number of thiophene rings is 1. The number of ether oxygens (including phenoxy) is 1. The van der Waals surface area contributed by atoms with E-state index in [0.29, 0.717) is 19.6 Å². The second kappa shape index (κ2) is 10.7. The van der Waals surface area contributed by atoms with Crippen molar-refractivity contribution in [1.29, 1.82) is 0 Å². The number of carbonyl (C=O) groups excluding carboxylic acids is 2. The van der Waals surface area contributed by atoms with Crippen LogP contribution in [0.2, 0.25) is 0 Å². The van der Waals surface area contributed by atoms with E-state index in [2.05, 4.69) is 13.0 Å². The third kappa shape index (κ3) is 4.62. The van der Waals surface area contributed by atoms with Crippen LogP contribution >= 0.6 is 11.3 Å². The number of nitrogens with zero attached hydrogens (tertiary/aromatic N) is 1. The maximum Gasteiger partial charge on any atom is 0.234 e. The van der Waals surface area contributed by atoms with Crippen molar-refractivity contribution in [3.8, 4) is 5.75 Å². The van der Waals surface area contributed by atoms with Crippen LogP contribution in [0.3, 0.4) is 0 Å². The van der Waals surface area contributed by atoms with Crippen molar-refractivity contribution in [3.63, 3.8) is 0 Å². The van der Waals surface area contributed by atoms with Crippen LogP contribution in [0.15, 0.2) is 70.6 Å². The van der Waals surface area contributed by atoms with Crippen LogP contribution in [0.5, 0.6) is 5.75 Å². The minimum Gasteiger partial charge on any atom is -0.507 e. The van der Waals surface area contributed by atoms with E-state index < -0.39 is 11.8 Å². The summed E-state index contributed by atoms with van der Waals surface area (Å²) in [5, 5.41) is 24.4. The molecule has 1 aromatic heterocycles. The van der Waals surface area contributed by atoms with E-state index >= 15 is 0 Å². The number of benzene rings is 2. The lowest BCUT2D eigenvalue weighted by atomic mass is 9.69. The molecule has 0 spiro atoms. The molecule has 0 unspecified atom stereocenters. The molecule has 3 heterocycles. The van der Waals surface area contributed by atoms with Gasteiger partial charge in [0.15, 0.2) is 0 Å². The number of fused-ring (bicyclic) bond motifs is 4. The Balaban J connectivity index is 1.22. The van der Waals surface area contributed by atoms with Gasteiger partial charge in [-0.2, -0.15) is 0 Å². The molecule has 2 amide bonds. The van der Waals surface area contributed by atoms with Crippen molar-refractivity contribution >= 4 is 40.0 Å². The Morgan fingerprint density at radius 1 is 1.08 bits per heavy atom. The minimum atomic E-state index is -0.412. The van der Waals surface area contributed by atoms with E-state index in [9.17, 15) is 19.8 Å². The minimum absolute atomic E-state index is 0.101. The van der Waals surface area contributed by atoms with Crippen LogP contribution in [-0.4, -0.2) is 46.2 Å². The smallest absolute Gasteiger partial charge is 0.234 e. The van der Waals surface area contributed by atoms with Gasteiger partial charge in [0, 0.05) is 16.2 Å². The van der Waals surface area contributed by atoms with Gasteiger partial charge in [-0.1, -0.05) is 55.0 Å². The third-order valence-electron chi connectivity index (χ3n) is 8.66. The maximum atomic E-state index is 13.5. The van der Waals surface area contributed by atoms with Gasteiger partial charge >= 0.3 is 0 Å². The highest BCUT2D eigenvalue weighted by atomic mass is 32.1. The molecule has 3 aromatic rings. The molecule has 1 aliphatic carbocycles. The fourth-order valence-electron chi connectivity index (χ4n) is 6.72. The number of imide groups is 1. The van der Waals surface area contributed by atoms with Crippen molar-refractivity contribution < 1.29 is 24.5 Å². The second-order valence-electron chi connectivity index (χ2n) is 10.7. The number of amides is 2. The number of hydrogen-bond acceptors (Lipinski definition) is 6. The van der Waals surface area contributed by atoms with Crippen LogP contribution in [0.25, 0.3) is 16.8 Å². The van der Waals surface area contributed by atoms with Gasteiger partial charge in [-0.15, -0.1) is 11.3 Å². The number of aliphatic hydroxyl groups excluding tert-OH is 1. The fourth-order valence-corrected chi connectivity index (χ4v) is 7.41. The predicted octanol–water partition coefficient (Wildman–Crippen LogP) is 5.69. The first kappa shape index (κ1) is 26.0. The Labute approximate surface area is 232 Å². The molecule has 0 saturated carbocycles.